The van der Waals surface area contributed by atoms with E-state index in [0.29, 0.717) is 6.54 Å². The van der Waals surface area contributed by atoms with Crippen molar-refractivity contribution >= 4 is 10.0 Å². The van der Waals surface area contributed by atoms with Crippen LogP contribution in [-0.2, 0) is 16.4 Å². The molecule has 0 radical (unpaired) electrons. The molecule has 0 heterocycles. The van der Waals surface area contributed by atoms with Crippen molar-refractivity contribution in [2.75, 3.05) is 19.6 Å². The number of rotatable bonds is 8. The maximum Gasteiger partial charge on any atom is 0.393 e. The van der Waals surface area contributed by atoms with E-state index in [4.69, 9.17) is 0 Å². The van der Waals surface area contributed by atoms with Gasteiger partial charge >= 0.3 is 6.18 Å². The monoisotopic (exact) mass is 324 g/mol. The van der Waals surface area contributed by atoms with Gasteiger partial charge in [-0.3, -0.25) is 0 Å². The van der Waals surface area contributed by atoms with E-state index >= 15 is 0 Å². The lowest BCUT2D eigenvalue weighted by molar-refractivity contribution is -0.127. The molecule has 21 heavy (non-hydrogen) atoms. The quantitative estimate of drug-likeness (QED) is 0.720. The molecule has 120 valence electrons. The lowest BCUT2D eigenvalue weighted by Crippen LogP contribution is -2.32. The fourth-order valence-electron chi connectivity index (χ4n) is 1.68. The topological polar surface area (TPSA) is 58.2 Å². The second-order valence-corrected chi connectivity index (χ2v) is 6.35. The molecular formula is C13H19F3N2O2S. The SMILES string of the molecule is CCCNCCNS(=O)(=O)c1ccc(CC(F)(F)F)cc1. The Morgan fingerprint density at radius 2 is 1.67 bits per heavy atom. The molecule has 0 spiro atoms. The van der Waals surface area contributed by atoms with Crippen molar-refractivity contribution in [3.05, 3.63) is 29.8 Å². The van der Waals surface area contributed by atoms with Crippen molar-refractivity contribution in [2.24, 2.45) is 0 Å². The molecule has 2 N–H and O–H groups in total. The Balaban J connectivity index is 2.59. The van der Waals surface area contributed by atoms with Crippen LogP contribution in [0, 0.1) is 0 Å². The van der Waals surface area contributed by atoms with Crippen LogP contribution in [0.25, 0.3) is 0 Å². The summed E-state index contributed by atoms with van der Waals surface area (Å²) in [7, 11) is -3.68. The Morgan fingerprint density at radius 1 is 1.05 bits per heavy atom. The van der Waals surface area contributed by atoms with Crippen molar-refractivity contribution < 1.29 is 21.6 Å². The van der Waals surface area contributed by atoms with Crippen LogP contribution in [0.5, 0.6) is 0 Å². The standard InChI is InChI=1S/C13H19F3N2O2S/c1-2-7-17-8-9-18-21(19,20)12-5-3-11(4-6-12)10-13(14,15)16/h3-6,17-18H,2,7-10H2,1H3. The molecule has 8 heteroatoms. The number of benzene rings is 1. The molecule has 0 saturated carbocycles. The first kappa shape index (κ1) is 17.9. The summed E-state index contributed by atoms with van der Waals surface area (Å²) >= 11 is 0. The van der Waals surface area contributed by atoms with Gasteiger partial charge in [-0.2, -0.15) is 13.2 Å². The largest absolute Gasteiger partial charge is 0.393 e. The van der Waals surface area contributed by atoms with Gasteiger partial charge in [-0.05, 0) is 30.7 Å². The smallest absolute Gasteiger partial charge is 0.315 e. The van der Waals surface area contributed by atoms with Gasteiger partial charge in [0.2, 0.25) is 10.0 Å². The molecule has 0 unspecified atom stereocenters. The molecule has 0 aliphatic carbocycles. The number of hydrogen-bond acceptors (Lipinski definition) is 3. The van der Waals surface area contributed by atoms with E-state index in [1.165, 1.54) is 24.3 Å². The second-order valence-electron chi connectivity index (χ2n) is 4.58. The summed E-state index contributed by atoms with van der Waals surface area (Å²) in [4.78, 5) is -0.0380. The predicted molar refractivity (Wildman–Crippen MR) is 74.6 cm³/mol. The van der Waals surface area contributed by atoms with Gasteiger partial charge in [-0.25, -0.2) is 13.1 Å². The lowest BCUT2D eigenvalue weighted by Gasteiger charge is -2.09. The maximum absolute atomic E-state index is 12.2. The third-order valence-corrected chi connectivity index (χ3v) is 4.14. The van der Waals surface area contributed by atoms with Crippen LogP contribution < -0.4 is 10.0 Å². The van der Waals surface area contributed by atoms with Crippen LogP contribution in [0.2, 0.25) is 0 Å². The first-order valence-corrected chi connectivity index (χ1v) is 8.09. The Kier molecular flexibility index (Phi) is 6.63. The molecule has 0 aromatic heterocycles. The highest BCUT2D eigenvalue weighted by molar-refractivity contribution is 7.89. The molecule has 1 rings (SSSR count). The lowest BCUT2D eigenvalue weighted by atomic mass is 10.1. The van der Waals surface area contributed by atoms with Crippen LogP contribution in [-0.4, -0.2) is 34.2 Å². The van der Waals surface area contributed by atoms with E-state index in [2.05, 4.69) is 10.0 Å². The van der Waals surface area contributed by atoms with Gasteiger partial charge in [0.25, 0.3) is 0 Å². The molecule has 4 nitrogen and oxygen atoms in total. The van der Waals surface area contributed by atoms with E-state index in [0.717, 1.165) is 13.0 Å². The minimum Gasteiger partial charge on any atom is -0.315 e. The molecule has 0 atom stereocenters. The number of hydrogen-bond donors (Lipinski definition) is 2. The molecule has 0 saturated heterocycles. The van der Waals surface area contributed by atoms with E-state index in [1.54, 1.807) is 0 Å². The summed E-state index contributed by atoms with van der Waals surface area (Å²) in [6.07, 6.45) is -4.42. The first-order chi connectivity index (χ1) is 9.74. The van der Waals surface area contributed by atoms with Crippen molar-refractivity contribution in [3.63, 3.8) is 0 Å². The Hall–Kier alpha value is -1.12. The van der Waals surface area contributed by atoms with Gasteiger partial charge in [-0.15, -0.1) is 0 Å². The highest BCUT2D eigenvalue weighted by Gasteiger charge is 2.27. The zero-order chi connectivity index (χ0) is 15.9. The second kappa shape index (κ2) is 7.77. The molecule has 1 aromatic carbocycles. The molecule has 1 aromatic rings. The zero-order valence-corrected chi connectivity index (χ0v) is 12.5. The van der Waals surface area contributed by atoms with Gasteiger partial charge in [-0.1, -0.05) is 19.1 Å². The minimum atomic E-state index is -4.30. The summed E-state index contributed by atoms with van der Waals surface area (Å²) in [5.74, 6) is 0. The maximum atomic E-state index is 12.2. The summed E-state index contributed by atoms with van der Waals surface area (Å²) in [6.45, 7) is 3.53. The average Bonchev–Trinajstić information content (AvgIpc) is 2.37. The molecule has 0 amide bonds. The van der Waals surface area contributed by atoms with Gasteiger partial charge in [0, 0.05) is 13.1 Å². The molecule has 0 fully saturated rings. The van der Waals surface area contributed by atoms with Crippen LogP contribution in [0.15, 0.2) is 29.2 Å². The molecule has 0 aliphatic heterocycles. The molecule has 0 bridgehead atoms. The van der Waals surface area contributed by atoms with E-state index in [-0.39, 0.29) is 17.0 Å². The van der Waals surface area contributed by atoms with Crippen LogP contribution in [0.1, 0.15) is 18.9 Å². The third kappa shape index (κ3) is 6.92. The van der Waals surface area contributed by atoms with Crippen LogP contribution in [0.4, 0.5) is 13.2 Å². The Morgan fingerprint density at radius 3 is 2.19 bits per heavy atom. The summed E-state index contributed by atoms with van der Waals surface area (Å²) in [5.41, 5.74) is 0.0334. The fraction of sp³-hybridized carbons (Fsp3) is 0.538. The number of nitrogens with one attached hydrogen (secondary N) is 2. The molecule has 0 aliphatic rings. The van der Waals surface area contributed by atoms with Gasteiger partial charge in [0.05, 0.1) is 11.3 Å². The van der Waals surface area contributed by atoms with E-state index in [1.807, 2.05) is 6.92 Å². The summed E-state index contributed by atoms with van der Waals surface area (Å²) < 4.78 is 62.8. The molecular weight excluding hydrogens is 305 g/mol. The van der Waals surface area contributed by atoms with Crippen molar-refractivity contribution in [1.29, 1.82) is 0 Å². The summed E-state index contributed by atoms with van der Waals surface area (Å²) in [5, 5.41) is 3.04. The highest BCUT2D eigenvalue weighted by atomic mass is 32.2. The van der Waals surface area contributed by atoms with Gasteiger partial charge in [0.1, 0.15) is 0 Å². The zero-order valence-electron chi connectivity index (χ0n) is 11.7. The van der Waals surface area contributed by atoms with E-state index < -0.39 is 22.6 Å². The number of alkyl halides is 3. The van der Waals surface area contributed by atoms with Crippen molar-refractivity contribution in [1.82, 2.24) is 10.0 Å². The highest BCUT2D eigenvalue weighted by Crippen LogP contribution is 2.22. The van der Waals surface area contributed by atoms with Gasteiger partial charge in [0.15, 0.2) is 0 Å². The predicted octanol–water partition coefficient (Wildman–Crippen LogP) is 2.07. The van der Waals surface area contributed by atoms with Crippen LogP contribution in [0.3, 0.4) is 0 Å². The third-order valence-electron chi connectivity index (χ3n) is 2.66. The first-order valence-electron chi connectivity index (χ1n) is 6.60. The van der Waals surface area contributed by atoms with Gasteiger partial charge < -0.3 is 5.32 Å². The fourth-order valence-corrected chi connectivity index (χ4v) is 2.71. The minimum absolute atomic E-state index is 0.0334. The number of halogens is 3. The summed E-state index contributed by atoms with van der Waals surface area (Å²) in [6, 6.07) is 4.72. The van der Waals surface area contributed by atoms with E-state index in [9.17, 15) is 21.6 Å². The number of sulfonamides is 1. The van der Waals surface area contributed by atoms with Crippen LogP contribution >= 0.6 is 0 Å². The van der Waals surface area contributed by atoms with Crippen molar-refractivity contribution in [2.45, 2.75) is 30.8 Å². The normalized spacial score (nSPS) is 12.6. The van der Waals surface area contributed by atoms with Crippen molar-refractivity contribution in [3.8, 4) is 0 Å². The Bertz CT molecular complexity index is 527. The average molecular weight is 324 g/mol. The Labute approximate surface area is 122 Å².